The molecule has 2 aliphatic heterocycles. The lowest BCUT2D eigenvalue weighted by Crippen LogP contribution is -2.53. The van der Waals surface area contributed by atoms with Crippen LogP contribution in [0.15, 0.2) is 48.5 Å². The van der Waals surface area contributed by atoms with Crippen LogP contribution in [-0.4, -0.2) is 60.4 Å². The van der Waals surface area contributed by atoms with Gasteiger partial charge in [-0.2, -0.15) is 0 Å². The van der Waals surface area contributed by atoms with Gasteiger partial charge < -0.3 is 20.0 Å². The van der Waals surface area contributed by atoms with Gasteiger partial charge in [0.1, 0.15) is 0 Å². The van der Waals surface area contributed by atoms with Crippen LogP contribution < -0.4 is 10.2 Å². The molecule has 2 heterocycles. The van der Waals surface area contributed by atoms with Crippen molar-refractivity contribution in [2.75, 3.05) is 42.9 Å². The number of para-hydroxylation sites is 1. The highest BCUT2D eigenvalue weighted by Crippen LogP contribution is 2.30. The summed E-state index contributed by atoms with van der Waals surface area (Å²) in [6, 6.07) is 15.1. The fourth-order valence-corrected chi connectivity index (χ4v) is 4.25. The zero-order valence-electron chi connectivity index (χ0n) is 18.0. The van der Waals surface area contributed by atoms with Gasteiger partial charge in [0.25, 0.3) is 0 Å². The molecule has 2 saturated heterocycles. The van der Waals surface area contributed by atoms with E-state index in [2.05, 4.69) is 5.32 Å². The maximum atomic E-state index is 13.1. The van der Waals surface area contributed by atoms with E-state index >= 15 is 0 Å². The highest BCUT2D eigenvalue weighted by Gasteiger charge is 2.38. The summed E-state index contributed by atoms with van der Waals surface area (Å²) in [6.45, 7) is 6.36. The van der Waals surface area contributed by atoms with Crippen LogP contribution in [-0.2, 0) is 9.59 Å². The number of urea groups is 1. The third-order valence-electron chi connectivity index (χ3n) is 6.24. The monoisotopic (exact) mass is 420 g/mol. The summed E-state index contributed by atoms with van der Waals surface area (Å²) in [5.41, 5.74) is 3.84. The lowest BCUT2D eigenvalue weighted by atomic mass is 10.1. The Morgan fingerprint density at radius 1 is 0.903 bits per heavy atom. The summed E-state index contributed by atoms with van der Waals surface area (Å²) in [6.07, 6.45) is 0.237. The smallest absolute Gasteiger partial charge is 0.321 e. The fourth-order valence-electron chi connectivity index (χ4n) is 4.25. The molecular weight excluding hydrogens is 392 g/mol. The Hall–Kier alpha value is -3.35. The molecule has 0 spiro atoms. The van der Waals surface area contributed by atoms with Crippen LogP contribution in [0.4, 0.5) is 16.2 Å². The maximum absolute atomic E-state index is 13.1. The number of nitrogens with zero attached hydrogens (tertiary/aromatic N) is 3. The summed E-state index contributed by atoms with van der Waals surface area (Å²) in [5, 5.41) is 2.88. The van der Waals surface area contributed by atoms with E-state index in [-0.39, 0.29) is 30.2 Å². The first kappa shape index (κ1) is 20.9. The molecule has 2 aromatic carbocycles. The molecule has 4 amide bonds. The third-order valence-corrected chi connectivity index (χ3v) is 6.24. The van der Waals surface area contributed by atoms with Crippen molar-refractivity contribution in [3.63, 3.8) is 0 Å². The minimum Gasteiger partial charge on any atom is -0.339 e. The van der Waals surface area contributed by atoms with Crippen LogP contribution in [0.5, 0.6) is 0 Å². The van der Waals surface area contributed by atoms with Gasteiger partial charge in [-0.1, -0.05) is 30.3 Å². The molecule has 162 valence electrons. The van der Waals surface area contributed by atoms with Crippen molar-refractivity contribution in [3.8, 4) is 0 Å². The van der Waals surface area contributed by atoms with E-state index in [1.54, 1.807) is 14.7 Å². The molecule has 0 saturated carbocycles. The maximum Gasteiger partial charge on any atom is 0.321 e. The Labute approximate surface area is 182 Å². The summed E-state index contributed by atoms with van der Waals surface area (Å²) in [5.74, 6) is -0.339. The minimum atomic E-state index is -0.336. The molecule has 31 heavy (non-hydrogen) atoms. The van der Waals surface area contributed by atoms with Gasteiger partial charge in [0.2, 0.25) is 11.8 Å². The lowest BCUT2D eigenvalue weighted by Gasteiger charge is -2.35. The number of carbonyl (C=O) groups excluding carboxylic acids is 3. The van der Waals surface area contributed by atoms with Gasteiger partial charge in [0, 0.05) is 50.5 Å². The molecule has 7 heteroatoms. The van der Waals surface area contributed by atoms with Crippen LogP contribution in [0.1, 0.15) is 17.5 Å². The number of nitrogens with one attached hydrogen (secondary N) is 1. The quantitative estimate of drug-likeness (QED) is 0.830. The fraction of sp³-hybridized carbons (Fsp3) is 0.375. The molecule has 0 aliphatic carbocycles. The molecule has 1 atom stereocenters. The van der Waals surface area contributed by atoms with Gasteiger partial charge in [-0.05, 0) is 43.2 Å². The van der Waals surface area contributed by atoms with E-state index < -0.39 is 0 Å². The molecule has 0 radical (unpaired) electrons. The van der Waals surface area contributed by atoms with Crippen molar-refractivity contribution >= 4 is 29.2 Å². The van der Waals surface area contributed by atoms with E-state index in [4.69, 9.17) is 0 Å². The van der Waals surface area contributed by atoms with Gasteiger partial charge in [-0.3, -0.25) is 9.59 Å². The SMILES string of the molecule is Cc1cccc(N2C[C@H](C(=O)N3CCN(C(=O)Nc4ccccc4)CC3)CC2=O)c1C. The second kappa shape index (κ2) is 8.79. The zero-order valence-corrected chi connectivity index (χ0v) is 18.0. The Morgan fingerprint density at radius 3 is 2.29 bits per heavy atom. The molecule has 2 aliphatic rings. The molecule has 0 bridgehead atoms. The molecular formula is C24H28N4O3. The Balaban J connectivity index is 1.33. The van der Waals surface area contributed by atoms with Crippen LogP contribution in [0.2, 0.25) is 0 Å². The predicted molar refractivity (Wildman–Crippen MR) is 120 cm³/mol. The van der Waals surface area contributed by atoms with E-state index in [1.165, 1.54) is 0 Å². The van der Waals surface area contributed by atoms with Crippen LogP contribution in [0, 0.1) is 19.8 Å². The van der Waals surface area contributed by atoms with Gasteiger partial charge in [0.15, 0.2) is 0 Å². The second-order valence-electron chi connectivity index (χ2n) is 8.23. The highest BCUT2D eigenvalue weighted by molar-refractivity contribution is 6.01. The third kappa shape index (κ3) is 4.40. The Kier molecular flexibility index (Phi) is 5.93. The highest BCUT2D eigenvalue weighted by atomic mass is 16.2. The zero-order chi connectivity index (χ0) is 22.0. The van der Waals surface area contributed by atoms with Gasteiger partial charge in [-0.25, -0.2) is 4.79 Å². The first-order chi connectivity index (χ1) is 14.9. The van der Waals surface area contributed by atoms with Gasteiger partial charge in [0.05, 0.1) is 5.92 Å². The topological polar surface area (TPSA) is 73.0 Å². The van der Waals surface area contributed by atoms with Crippen LogP contribution in [0.3, 0.4) is 0 Å². The molecule has 2 aromatic rings. The average Bonchev–Trinajstić information content (AvgIpc) is 3.17. The number of anilines is 2. The molecule has 4 rings (SSSR count). The largest absolute Gasteiger partial charge is 0.339 e. The standard InChI is InChI=1S/C24H28N4O3/c1-17-7-6-10-21(18(17)2)28-16-19(15-22(28)29)23(30)26-11-13-27(14-12-26)24(31)25-20-8-4-3-5-9-20/h3-10,19H,11-16H2,1-2H3,(H,25,31)/t19-/m1/s1. The van der Waals surface area contributed by atoms with Gasteiger partial charge >= 0.3 is 6.03 Å². The number of piperazine rings is 1. The van der Waals surface area contributed by atoms with Crippen molar-refractivity contribution in [2.24, 2.45) is 5.92 Å². The van der Waals surface area contributed by atoms with Crippen molar-refractivity contribution in [2.45, 2.75) is 20.3 Å². The summed E-state index contributed by atoms with van der Waals surface area (Å²) < 4.78 is 0. The van der Waals surface area contributed by atoms with E-state index in [0.29, 0.717) is 32.7 Å². The molecule has 0 unspecified atom stereocenters. The number of amides is 4. The minimum absolute atomic E-state index is 0.00396. The van der Waals surface area contributed by atoms with Crippen molar-refractivity contribution in [1.82, 2.24) is 9.80 Å². The van der Waals surface area contributed by atoms with E-state index in [1.807, 2.05) is 62.4 Å². The molecule has 0 aromatic heterocycles. The summed E-state index contributed by atoms with van der Waals surface area (Å²) >= 11 is 0. The van der Waals surface area contributed by atoms with Crippen LogP contribution >= 0.6 is 0 Å². The van der Waals surface area contributed by atoms with Crippen molar-refractivity contribution in [1.29, 1.82) is 0 Å². The number of aryl methyl sites for hydroxylation is 1. The number of carbonyl (C=O) groups is 3. The van der Waals surface area contributed by atoms with Crippen molar-refractivity contribution < 1.29 is 14.4 Å². The van der Waals surface area contributed by atoms with Crippen molar-refractivity contribution in [3.05, 3.63) is 59.7 Å². The number of hydrogen-bond acceptors (Lipinski definition) is 3. The first-order valence-electron chi connectivity index (χ1n) is 10.7. The Morgan fingerprint density at radius 2 is 1.58 bits per heavy atom. The first-order valence-corrected chi connectivity index (χ1v) is 10.7. The predicted octanol–water partition coefficient (Wildman–Crippen LogP) is 3.03. The molecule has 7 nitrogen and oxygen atoms in total. The Bertz CT molecular complexity index is 984. The number of benzene rings is 2. The molecule has 2 fully saturated rings. The second-order valence-corrected chi connectivity index (χ2v) is 8.23. The van der Waals surface area contributed by atoms with E-state index in [9.17, 15) is 14.4 Å². The summed E-state index contributed by atoms with van der Waals surface area (Å²) in [4.78, 5) is 43.4. The average molecular weight is 421 g/mol. The normalized spacial score (nSPS) is 19.0. The van der Waals surface area contributed by atoms with E-state index in [0.717, 1.165) is 22.5 Å². The number of hydrogen-bond donors (Lipinski definition) is 1. The molecule has 1 N–H and O–H groups in total. The number of rotatable bonds is 3. The lowest BCUT2D eigenvalue weighted by molar-refractivity contribution is -0.137. The van der Waals surface area contributed by atoms with Gasteiger partial charge in [-0.15, -0.1) is 0 Å². The summed E-state index contributed by atoms with van der Waals surface area (Å²) in [7, 11) is 0. The van der Waals surface area contributed by atoms with Crippen LogP contribution in [0.25, 0.3) is 0 Å².